The van der Waals surface area contributed by atoms with E-state index in [1.54, 1.807) is 18.5 Å². The largest absolute Gasteiger partial charge is 0.409 e. The average molecular weight is 275 g/mol. The Morgan fingerprint density at radius 2 is 2.00 bits per heavy atom. The molecule has 7 heteroatoms. The van der Waals surface area contributed by atoms with Crippen molar-refractivity contribution in [3.05, 3.63) is 41.3 Å². The van der Waals surface area contributed by atoms with E-state index < -0.39 is 0 Å². The van der Waals surface area contributed by atoms with Crippen molar-refractivity contribution in [3.8, 4) is 0 Å². The number of rotatable bonds is 3. The normalized spacial score (nSPS) is 11.6. The zero-order valence-corrected chi connectivity index (χ0v) is 11.3. The zero-order chi connectivity index (χ0) is 13.8. The minimum Gasteiger partial charge on any atom is -0.409 e. The highest BCUT2D eigenvalue weighted by molar-refractivity contribution is 7.99. The number of hydrogen-bond acceptors (Lipinski definition) is 6. The zero-order valence-electron chi connectivity index (χ0n) is 10.5. The fourth-order valence-electron chi connectivity index (χ4n) is 1.53. The Morgan fingerprint density at radius 3 is 2.68 bits per heavy atom. The van der Waals surface area contributed by atoms with Gasteiger partial charge in [-0.1, -0.05) is 5.16 Å². The number of aromatic nitrogens is 3. The fourth-order valence-corrected chi connectivity index (χ4v) is 2.49. The number of nitrogens with zero attached hydrogens (tertiary/aromatic N) is 4. The van der Waals surface area contributed by atoms with E-state index in [2.05, 4.69) is 20.1 Å². The summed E-state index contributed by atoms with van der Waals surface area (Å²) in [7, 11) is 0. The lowest BCUT2D eigenvalue weighted by Gasteiger charge is -2.08. The average Bonchev–Trinajstić information content (AvgIpc) is 2.38. The van der Waals surface area contributed by atoms with Crippen LogP contribution >= 0.6 is 11.8 Å². The maximum atomic E-state index is 8.84. The molecule has 0 atom stereocenters. The maximum Gasteiger partial charge on any atom is 0.194 e. The van der Waals surface area contributed by atoms with Crippen LogP contribution in [0.2, 0.25) is 0 Å². The van der Waals surface area contributed by atoms with Gasteiger partial charge in [0.05, 0.1) is 5.56 Å². The summed E-state index contributed by atoms with van der Waals surface area (Å²) in [6.07, 6.45) is 3.35. The molecule has 0 saturated carbocycles. The van der Waals surface area contributed by atoms with Crippen molar-refractivity contribution in [2.24, 2.45) is 10.9 Å². The first-order valence-corrected chi connectivity index (χ1v) is 6.34. The summed E-state index contributed by atoms with van der Waals surface area (Å²) in [5.41, 5.74) is 8.03. The maximum absolute atomic E-state index is 8.84. The van der Waals surface area contributed by atoms with Gasteiger partial charge in [0, 0.05) is 18.1 Å². The van der Waals surface area contributed by atoms with E-state index in [1.807, 2.05) is 19.9 Å². The number of oxime groups is 1. The molecule has 0 aliphatic heterocycles. The summed E-state index contributed by atoms with van der Waals surface area (Å²) in [6, 6.07) is 3.62. The molecule has 0 fully saturated rings. The molecule has 2 rings (SSSR count). The van der Waals surface area contributed by atoms with Crippen molar-refractivity contribution in [2.75, 3.05) is 0 Å². The second-order valence-electron chi connectivity index (χ2n) is 3.88. The van der Waals surface area contributed by atoms with Crippen LogP contribution in [0, 0.1) is 13.8 Å². The van der Waals surface area contributed by atoms with Crippen molar-refractivity contribution in [3.63, 3.8) is 0 Å². The molecule has 0 amide bonds. The number of aryl methyl sites for hydroxylation is 2. The van der Waals surface area contributed by atoms with E-state index in [0.717, 1.165) is 11.3 Å². The lowest BCUT2D eigenvalue weighted by Crippen LogP contribution is -2.16. The van der Waals surface area contributed by atoms with Crippen LogP contribution in [0.15, 0.2) is 39.9 Å². The van der Waals surface area contributed by atoms with E-state index in [4.69, 9.17) is 10.9 Å². The Balaban J connectivity index is 2.43. The summed E-state index contributed by atoms with van der Waals surface area (Å²) in [5.74, 6) is 0.0285. The highest BCUT2D eigenvalue weighted by Crippen LogP contribution is 2.27. The second-order valence-corrected chi connectivity index (χ2v) is 4.83. The van der Waals surface area contributed by atoms with E-state index in [1.165, 1.54) is 11.8 Å². The predicted octanol–water partition coefficient (Wildman–Crippen LogP) is 1.73. The minimum absolute atomic E-state index is 0.0285. The van der Waals surface area contributed by atoms with Crippen LogP contribution in [0.1, 0.15) is 16.8 Å². The third-order valence-electron chi connectivity index (χ3n) is 2.45. The summed E-state index contributed by atoms with van der Waals surface area (Å²) in [6.45, 7) is 3.76. The number of amidine groups is 1. The third-order valence-corrected chi connectivity index (χ3v) is 3.33. The Hall–Kier alpha value is -2.15. The van der Waals surface area contributed by atoms with Gasteiger partial charge in [0.15, 0.2) is 11.0 Å². The van der Waals surface area contributed by atoms with Crippen molar-refractivity contribution < 1.29 is 5.21 Å². The van der Waals surface area contributed by atoms with Crippen LogP contribution in [0.4, 0.5) is 0 Å². The predicted molar refractivity (Wildman–Crippen MR) is 72.4 cm³/mol. The third kappa shape index (κ3) is 3.00. The smallest absolute Gasteiger partial charge is 0.194 e. The molecule has 0 aromatic carbocycles. The highest BCUT2D eigenvalue weighted by atomic mass is 32.2. The van der Waals surface area contributed by atoms with Gasteiger partial charge >= 0.3 is 0 Å². The van der Waals surface area contributed by atoms with E-state index in [9.17, 15) is 0 Å². The van der Waals surface area contributed by atoms with Crippen molar-refractivity contribution in [1.29, 1.82) is 0 Å². The van der Waals surface area contributed by atoms with Gasteiger partial charge in [-0.3, -0.25) is 0 Å². The Labute approximate surface area is 114 Å². The molecular weight excluding hydrogens is 262 g/mol. The molecule has 0 bridgehead atoms. The molecule has 3 N–H and O–H groups in total. The number of pyridine rings is 1. The summed E-state index contributed by atoms with van der Waals surface area (Å²) in [4.78, 5) is 12.7. The van der Waals surface area contributed by atoms with Crippen molar-refractivity contribution in [2.45, 2.75) is 24.0 Å². The second kappa shape index (κ2) is 5.66. The molecule has 19 heavy (non-hydrogen) atoms. The van der Waals surface area contributed by atoms with Gasteiger partial charge in [-0.15, -0.1) is 0 Å². The van der Waals surface area contributed by atoms with Gasteiger partial charge in [0.25, 0.3) is 0 Å². The number of nitrogens with two attached hydrogens (primary N) is 1. The Kier molecular flexibility index (Phi) is 3.96. The fraction of sp³-hybridized carbons (Fsp3) is 0.167. The first kappa shape index (κ1) is 13.3. The standard InChI is InChI=1S/C12H13N5OS/c1-7-3-5-14-11(9(7)10(13)17-18)19-12-15-6-4-8(2)16-12/h3-6,18H,1-2H3,(H2,13,17). The van der Waals surface area contributed by atoms with E-state index in [0.29, 0.717) is 15.7 Å². The van der Waals surface area contributed by atoms with Gasteiger partial charge in [-0.2, -0.15) is 0 Å². The van der Waals surface area contributed by atoms with Gasteiger partial charge < -0.3 is 10.9 Å². The summed E-state index contributed by atoms with van der Waals surface area (Å²) in [5, 5.41) is 13.1. The molecule has 0 spiro atoms. The summed E-state index contributed by atoms with van der Waals surface area (Å²) < 4.78 is 0. The molecular formula is C12H13N5OS. The van der Waals surface area contributed by atoms with Crippen LogP contribution < -0.4 is 5.73 Å². The molecule has 0 saturated heterocycles. The first-order chi connectivity index (χ1) is 9.11. The summed E-state index contributed by atoms with van der Waals surface area (Å²) >= 11 is 1.28. The quantitative estimate of drug-likeness (QED) is 0.291. The first-order valence-electron chi connectivity index (χ1n) is 5.53. The van der Waals surface area contributed by atoms with Crippen molar-refractivity contribution in [1.82, 2.24) is 15.0 Å². The van der Waals surface area contributed by atoms with E-state index in [-0.39, 0.29) is 5.84 Å². The molecule has 2 aromatic heterocycles. The molecule has 0 unspecified atom stereocenters. The monoisotopic (exact) mass is 275 g/mol. The van der Waals surface area contributed by atoms with Crippen LogP contribution in [0.3, 0.4) is 0 Å². The lowest BCUT2D eigenvalue weighted by molar-refractivity contribution is 0.318. The molecule has 98 valence electrons. The Bertz CT molecular complexity index is 629. The van der Waals surface area contributed by atoms with E-state index >= 15 is 0 Å². The molecule has 0 aliphatic carbocycles. The van der Waals surface area contributed by atoms with Gasteiger partial charge in [0.2, 0.25) is 0 Å². The molecule has 6 nitrogen and oxygen atoms in total. The van der Waals surface area contributed by atoms with Crippen LogP contribution in [-0.4, -0.2) is 26.0 Å². The minimum atomic E-state index is 0.0285. The molecule has 2 aromatic rings. The van der Waals surface area contributed by atoms with Crippen LogP contribution in [0.25, 0.3) is 0 Å². The van der Waals surface area contributed by atoms with Crippen LogP contribution in [0.5, 0.6) is 0 Å². The molecule has 0 aliphatic rings. The number of hydrogen-bond donors (Lipinski definition) is 2. The lowest BCUT2D eigenvalue weighted by atomic mass is 10.1. The van der Waals surface area contributed by atoms with Gasteiger partial charge in [0.1, 0.15) is 5.03 Å². The highest BCUT2D eigenvalue weighted by Gasteiger charge is 2.14. The Morgan fingerprint density at radius 1 is 1.26 bits per heavy atom. The van der Waals surface area contributed by atoms with Gasteiger partial charge in [-0.05, 0) is 43.3 Å². The topological polar surface area (TPSA) is 97.3 Å². The molecule has 2 heterocycles. The van der Waals surface area contributed by atoms with Crippen molar-refractivity contribution >= 4 is 17.6 Å². The van der Waals surface area contributed by atoms with Crippen LogP contribution in [-0.2, 0) is 0 Å². The SMILES string of the molecule is Cc1ccnc(Sc2nccc(C)c2/C(N)=N/O)n1. The van der Waals surface area contributed by atoms with Gasteiger partial charge in [-0.25, -0.2) is 15.0 Å². The molecule has 0 radical (unpaired) electrons.